The second-order valence-electron chi connectivity index (χ2n) is 2.81. The zero-order valence-electron chi connectivity index (χ0n) is 7.73. The lowest BCUT2D eigenvalue weighted by molar-refractivity contribution is 0.181. The molecular formula is C11H14OS. The van der Waals surface area contributed by atoms with Gasteiger partial charge in [0.25, 0.3) is 0 Å². The molecule has 0 radical (unpaired) electrons. The smallest absolute Gasteiger partial charge is 0.0824 e. The van der Waals surface area contributed by atoms with Crippen LogP contribution in [-0.2, 0) is 0 Å². The van der Waals surface area contributed by atoms with Crippen LogP contribution in [-0.4, -0.2) is 11.4 Å². The Labute approximate surface area is 83.5 Å². The molecule has 1 N–H and O–H groups in total. The van der Waals surface area contributed by atoms with Crippen LogP contribution in [0.1, 0.15) is 18.1 Å². The van der Waals surface area contributed by atoms with Gasteiger partial charge in [0, 0.05) is 4.90 Å². The lowest BCUT2D eigenvalue weighted by Crippen LogP contribution is -1.94. The Morgan fingerprint density at radius 3 is 2.54 bits per heavy atom. The first-order chi connectivity index (χ1) is 6.27. The monoisotopic (exact) mass is 194 g/mol. The molecule has 0 bridgehead atoms. The number of benzene rings is 1. The molecule has 1 rings (SSSR count). The van der Waals surface area contributed by atoms with E-state index in [-0.39, 0.29) is 0 Å². The zero-order chi connectivity index (χ0) is 9.68. The van der Waals surface area contributed by atoms with Crippen LogP contribution >= 0.6 is 11.8 Å². The fourth-order valence-electron chi connectivity index (χ4n) is 1.12. The Kier molecular flexibility index (Phi) is 4.06. The van der Waals surface area contributed by atoms with Crippen molar-refractivity contribution >= 4 is 11.8 Å². The summed E-state index contributed by atoms with van der Waals surface area (Å²) in [5.41, 5.74) is 0.956. The fraction of sp³-hybridized carbons (Fsp3) is 0.273. The average Bonchev–Trinajstić information content (AvgIpc) is 2.18. The van der Waals surface area contributed by atoms with Crippen LogP contribution in [0, 0.1) is 0 Å². The third-order valence-electron chi connectivity index (χ3n) is 1.89. The summed E-state index contributed by atoms with van der Waals surface area (Å²) >= 11 is 1.70. The number of rotatable bonds is 4. The maximum absolute atomic E-state index is 9.61. The second-order valence-corrected chi connectivity index (χ2v) is 3.69. The predicted octanol–water partition coefficient (Wildman–Crippen LogP) is 3.02. The van der Waals surface area contributed by atoms with Crippen molar-refractivity contribution in [1.29, 1.82) is 0 Å². The summed E-state index contributed by atoms with van der Waals surface area (Å²) in [5.74, 6) is 0. The van der Waals surface area contributed by atoms with Crippen molar-refractivity contribution < 1.29 is 5.11 Å². The molecule has 0 saturated heterocycles. The van der Waals surface area contributed by atoms with Gasteiger partial charge >= 0.3 is 0 Å². The third kappa shape index (κ3) is 2.90. The zero-order valence-corrected chi connectivity index (χ0v) is 8.55. The van der Waals surface area contributed by atoms with Gasteiger partial charge in [-0.15, -0.1) is 18.3 Å². The SMILES string of the molecule is C=CC[C@H](O)c1ccc(SC)cc1. The van der Waals surface area contributed by atoms with Crippen LogP contribution in [0.4, 0.5) is 0 Å². The normalized spacial score (nSPS) is 12.5. The van der Waals surface area contributed by atoms with Crippen molar-refractivity contribution in [3.05, 3.63) is 42.5 Å². The first-order valence-electron chi connectivity index (χ1n) is 4.21. The molecule has 0 amide bonds. The lowest BCUT2D eigenvalue weighted by Gasteiger charge is -2.08. The maximum atomic E-state index is 9.61. The molecule has 0 heterocycles. The molecule has 0 fully saturated rings. The summed E-state index contributed by atoms with van der Waals surface area (Å²) in [7, 11) is 0. The summed E-state index contributed by atoms with van der Waals surface area (Å²) < 4.78 is 0. The Bertz CT molecular complexity index is 266. The van der Waals surface area contributed by atoms with Gasteiger partial charge in [-0.3, -0.25) is 0 Å². The fourth-order valence-corrected chi connectivity index (χ4v) is 1.53. The Hall–Kier alpha value is -0.730. The molecule has 1 atom stereocenters. The van der Waals surface area contributed by atoms with Gasteiger partial charge in [-0.05, 0) is 30.4 Å². The van der Waals surface area contributed by atoms with E-state index in [1.165, 1.54) is 4.90 Å². The average molecular weight is 194 g/mol. The van der Waals surface area contributed by atoms with Crippen LogP contribution in [0.3, 0.4) is 0 Å². The number of aliphatic hydroxyl groups excluding tert-OH is 1. The van der Waals surface area contributed by atoms with Gasteiger partial charge in [-0.2, -0.15) is 0 Å². The predicted molar refractivity (Wildman–Crippen MR) is 58.0 cm³/mol. The summed E-state index contributed by atoms with van der Waals surface area (Å²) in [5, 5.41) is 9.61. The molecule has 13 heavy (non-hydrogen) atoms. The Morgan fingerprint density at radius 2 is 2.08 bits per heavy atom. The van der Waals surface area contributed by atoms with Crippen LogP contribution in [0.2, 0.25) is 0 Å². The third-order valence-corrected chi connectivity index (χ3v) is 2.63. The molecule has 1 nitrogen and oxygen atoms in total. The summed E-state index contributed by atoms with van der Waals surface area (Å²) in [6.07, 6.45) is 3.97. The number of aliphatic hydroxyl groups is 1. The maximum Gasteiger partial charge on any atom is 0.0824 e. The van der Waals surface area contributed by atoms with Crippen LogP contribution in [0.5, 0.6) is 0 Å². The topological polar surface area (TPSA) is 20.2 Å². The molecule has 1 aromatic rings. The Balaban J connectivity index is 2.73. The summed E-state index contributed by atoms with van der Waals surface area (Å²) in [6.45, 7) is 3.60. The van der Waals surface area contributed by atoms with Crippen LogP contribution in [0.25, 0.3) is 0 Å². The van der Waals surface area contributed by atoms with Crippen molar-refractivity contribution in [3.63, 3.8) is 0 Å². The number of hydrogen-bond donors (Lipinski definition) is 1. The number of thioether (sulfide) groups is 1. The lowest BCUT2D eigenvalue weighted by atomic mass is 10.1. The van der Waals surface area contributed by atoms with E-state index in [1.807, 2.05) is 30.5 Å². The highest BCUT2D eigenvalue weighted by Gasteiger charge is 2.03. The molecule has 0 aliphatic rings. The highest BCUT2D eigenvalue weighted by atomic mass is 32.2. The molecular weight excluding hydrogens is 180 g/mol. The van der Waals surface area contributed by atoms with Crippen molar-refractivity contribution in [3.8, 4) is 0 Å². The van der Waals surface area contributed by atoms with Crippen LogP contribution < -0.4 is 0 Å². The van der Waals surface area contributed by atoms with E-state index >= 15 is 0 Å². The standard InChI is InChI=1S/C11H14OS/c1-3-4-11(12)9-5-7-10(13-2)8-6-9/h3,5-8,11-12H,1,4H2,2H3/t11-/m0/s1. The summed E-state index contributed by atoms with van der Waals surface area (Å²) in [4.78, 5) is 1.22. The van der Waals surface area contributed by atoms with Crippen LogP contribution in [0.15, 0.2) is 41.8 Å². The highest BCUT2D eigenvalue weighted by Crippen LogP contribution is 2.20. The molecule has 0 spiro atoms. The molecule has 0 aliphatic carbocycles. The van der Waals surface area contributed by atoms with Gasteiger partial charge in [-0.1, -0.05) is 18.2 Å². The minimum Gasteiger partial charge on any atom is -0.388 e. The molecule has 70 valence electrons. The van der Waals surface area contributed by atoms with E-state index < -0.39 is 6.10 Å². The van der Waals surface area contributed by atoms with E-state index in [0.717, 1.165) is 5.56 Å². The summed E-state index contributed by atoms with van der Waals surface area (Å²) in [6, 6.07) is 7.96. The van der Waals surface area contributed by atoms with E-state index in [9.17, 15) is 5.11 Å². The van der Waals surface area contributed by atoms with Gasteiger partial charge in [-0.25, -0.2) is 0 Å². The van der Waals surface area contributed by atoms with E-state index in [2.05, 4.69) is 6.58 Å². The van der Waals surface area contributed by atoms with Gasteiger partial charge in [0.15, 0.2) is 0 Å². The quantitative estimate of drug-likeness (QED) is 0.587. The van der Waals surface area contributed by atoms with Crippen molar-refractivity contribution in [2.45, 2.75) is 17.4 Å². The minimum atomic E-state index is -0.409. The van der Waals surface area contributed by atoms with E-state index in [0.29, 0.717) is 6.42 Å². The van der Waals surface area contributed by atoms with Gasteiger partial charge in [0.2, 0.25) is 0 Å². The van der Waals surface area contributed by atoms with Gasteiger partial charge in [0.05, 0.1) is 6.10 Å². The van der Waals surface area contributed by atoms with Crippen molar-refractivity contribution in [2.24, 2.45) is 0 Å². The largest absolute Gasteiger partial charge is 0.388 e. The van der Waals surface area contributed by atoms with Gasteiger partial charge < -0.3 is 5.11 Å². The molecule has 2 heteroatoms. The first-order valence-corrected chi connectivity index (χ1v) is 5.43. The van der Waals surface area contributed by atoms with Crippen molar-refractivity contribution in [1.82, 2.24) is 0 Å². The van der Waals surface area contributed by atoms with E-state index in [1.54, 1.807) is 17.8 Å². The molecule has 0 aromatic heterocycles. The number of hydrogen-bond acceptors (Lipinski definition) is 2. The van der Waals surface area contributed by atoms with E-state index in [4.69, 9.17) is 0 Å². The minimum absolute atomic E-state index is 0.409. The molecule has 0 aliphatic heterocycles. The van der Waals surface area contributed by atoms with Gasteiger partial charge in [0.1, 0.15) is 0 Å². The molecule has 1 aromatic carbocycles. The first kappa shape index (κ1) is 10.4. The molecule has 0 saturated carbocycles. The Morgan fingerprint density at radius 1 is 1.46 bits per heavy atom. The molecule has 0 unspecified atom stereocenters. The van der Waals surface area contributed by atoms with Crippen molar-refractivity contribution in [2.75, 3.05) is 6.26 Å². The second kappa shape index (κ2) is 5.10. The highest BCUT2D eigenvalue weighted by molar-refractivity contribution is 7.98.